The molecular formula is C12H17BrOS. The highest BCUT2D eigenvalue weighted by atomic mass is 79.9. The van der Waals surface area contributed by atoms with E-state index in [9.17, 15) is 0 Å². The molecule has 0 aliphatic heterocycles. The molecule has 0 unspecified atom stereocenters. The third-order valence-electron chi connectivity index (χ3n) is 2.11. The predicted molar refractivity (Wildman–Crippen MR) is 70.8 cm³/mol. The number of ether oxygens (including phenoxy) is 1. The van der Waals surface area contributed by atoms with Crippen molar-refractivity contribution in [3.8, 4) is 0 Å². The van der Waals surface area contributed by atoms with E-state index in [2.05, 4.69) is 41.9 Å². The monoisotopic (exact) mass is 288 g/mol. The van der Waals surface area contributed by atoms with Gasteiger partial charge in [-0.25, -0.2) is 0 Å². The van der Waals surface area contributed by atoms with Gasteiger partial charge in [0.1, 0.15) is 0 Å². The number of benzene rings is 1. The maximum absolute atomic E-state index is 5.31. The molecule has 1 rings (SSSR count). The summed E-state index contributed by atoms with van der Waals surface area (Å²) in [6.07, 6.45) is 0. The minimum absolute atomic E-state index is 0.805. The van der Waals surface area contributed by atoms with E-state index >= 15 is 0 Å². The Morgan fingerprint density at radius 3 is 2.40 bits per heavy atom. The molecule has 0 heterocycles. The van der Waals surface area contributed by atoms with Gasteiger partial charge in [-0.05, 0) is 44.0 Å². The van der Waals surface area contributed by atoms with Crippen molar-refractivity contribution in [3.05, 3.63) is 27.7 Å². The lowest BCUT2D eigenvalue weighted by Crippen LogP contribution is -1.96. The van der Waals surface area contributed by atoms with Gasteiger partial charge in [-0.3, -0.25) is 0 Å². The van der Waals surface area contributed by atoms with Crippen molar-refractivity contribution in [2.45, 2.75) is 25.7 Å². The number of aryl methyl sites for hydroxylation is 2. The molecule has 1 aromatic carbocycles. The second-order valence-corrected chi connectivity index (χ2v) is 5.38. The molecule has 1 nitrogen and oxygen atoms in total. The Hall–Kier alpha value is 0.01000. The van der Waals surface area contributed by atoms with E-state index in [1.807, 2.05) is 18.7 Å². The minimum Gasteiger partial charge on any atom is -0.381 e. The Kier molecular flexibility index (Phi) is 5.72. The largest absolute Gasteiger partial charge is 0.381 e. The maximum atomic E-state index is 5.31. The third-order valence-corrected chi connectivity index (χ3v) is 4.30. The molecule has 0 N–H and O–H groups in total. The van der Waals surface area contributed by atoms with Gasteiger partial charge in [-0.2, -0.15) is 0 Å². The van der Waals surface area contributed by atoms with Crippen LogP contribution in [-0.4, -0.2) is 19.0 Å². The Morgan fingerprint density at radius 1 is 1.27 bits per heavy atom. The van der Waals surface area contributed by atoms with Crippen LogP contribution < -0.4 is 0 Å². The smallest absolute Gasteiger partial charge is 0.0560 e. The van der Waals surface area contributed by atoms with Crippen molar-refractivity contribution < 1.29 is 4.74 Å². The van der Waals surface area contributed by atoms with Crippen LogP contribution in [0.5, 0.6) is 0 Å². The summed E-state index contributed by atoms with van der Waals surface area (Å²) in [4.78, 5) is 1.33. The molecule has 0 atom stereocenters. The quantitative estimate of drug-likeness (QED) is 0.593. The molecule has 0 radical (unpaired) electrons. The first kappa shape index (κ1) is 13.1. The van der Waals surface area contributed by atoms with E-state index in [1.54, 1.807) is 0 Å². The van der Waals surface area contributed by atoms with Crippen LogP contribution in [0.1, 0.15) is 18.1 Å². The average Bonchev–Trinajstić information content (AvgIpc) is 2.21. The van der Waals surface area contributed by atoms with Crippen LogP contribution in [0.25, 0.3) is 0 Å². The topological polar surface area (TPSA) is 9.23 Å². The number of hydrogen-bond donors (Lipinski definition) is 0. The van der Waals surface area contributed by atoms with Crippen molar-refractivity contribution >= 4 is 27.7 Å². The number of rotatable bonds is 5. The fraction of sp³-hybridized carbons (Fsp3) is 0.500. The maximum Gasteiger partial charge on any atom is 0.0560 e. The highest BCUT2D eigenvalue weighted by Gasteiger charge is 2.02. The van der Waals surface area contributed by atoms with Crippen LogP contribution in [0.4, 0.5) is 0 Å². The minimum atomic E-state index is 0.805. The predicted octanol–water partition coefficient (Wildman–Crippen LogP) is 4.19. The second-order valence-electron chi connectivity index (χ2n) is 3.42. The number of halogens is 1. The molecule has 3 heteroatoms. The lowest BCUT2D eigenvalue weighted by atomic mass is 10.2. The Labute approximate surface area is 105 Å². The highest BCUT2D eigenvalue weighted by molar-refractivity contribution is 9.10. The van der Waals surface area contributed by atoms with Gasteiger partial charge >= 0.3 is 0 Å². The molecule has 0 spiro atoms. The summed E-state index contributed by atoms with van der Waals surface area (Å²) in [5, 5.41) is 0. The Bertz CT molecular complexity index is 302. The van der Waals surface area contributed by atoms with Crippen LogP contribution in [0.3, 0.4) is 0 Å². The zero-order valence-corrected chi connectivity index (χ0v) is 11.9. The molecule has 0 bridgehead atoms. The zero-order chi connectivity index (χ0) is 11.3. The van der Waals surface area contributed by atoms with Crippen LogP contribution in [0, 0.1) is 13.8 Å². The molecule has 0 aliphatic rings. The highest BCUT2D eigenvalue weighted by Crippen LogP contribution is 2.27. The first-order valence-corrected chi connectivity index (χ1v) is 6.90. The summed E-state index contributed by atoms with van der Waals surface area (Å²) in [7, 11) is 0. The van der Waals surface area contributed by atoms with E-state index < -0.39 is 0 Å². The molecule has 0 aromatic heterocycles. The van der Waals surface area contributed by atoms with Crippen molar-refractivity contribution in [1.82, 2.24) is 0 Å². The molecule has 0 saturated heterocycles. The van der Waals surface area contributed by atoms with E-state index in [0.717, 1.165) is 19.0 Å². The summed E-state index contributed by atoms with van der Waals surface area (Å²) in [6, 6.07) is 4.43. The molecule has 1 aromatic rings. The average molecular weight is 289 g/mol. The SMILES string of the molecule is CCOCCSc1cc(C)c(Br)c(C)c1. The fourth-order valence-electron chi connectivity index (χ4n) is 1.35. The van der Waals surface area contributed by atoms with Gasteiger partial charge in [0.25, 0.3) is 0 Å². The summed E-state index contributed by atoms with van der Waals surface area (Å²) in [5.74, 6) is 1.02. The van der Waals surface area contributed by atoms with Gasteiger partial charge < -0.3 is 4.74 Å². The van der Waals surface area contributed by atoms with E-state index in [4.69, 9.17) is 4.74 Å². The fourth-order valence-corrected chi connectivity index (χ4v) is 2.54. The van der Waals surface area contributed by atoms with Crippen LogP contribution in [0.2, 0.25) is 0 Å². The number of thioether (sulfide) groups is 1. The molecule has 0 amide bonds. The molecule has 15 heavy (non-hydrogen) atoms. The van der Waals surface area contributed by atoms with Gasteiger partial charge in [0.05, 0.1) is 6.61 Å². The summed E-state index contributed by atoms with van der Waals surface area (Å²) >= 11 is 5.42. The van der Waals surface area contributed by atoms with Crippen LogP contribution >= 0.6 is 27.7 Å². The van der Waals surface area contributed by atoms with Crippen molar-refractivity contribution in [1.29, 1.82) is 0 Å². The van der Waals surface area contributed by atoms with E-state index in [1.165, 1.54) is 20.5 Å². The molecule has 84 valence electrons. The van der Waals surface area contributed by atoms with Gasteiger partial charge in [0, 0.05) is 21.7 Å². The van der Waals surface area contributed by atoms with Gasteiger partial charge in [-0.15, -0.1) is 11.8 Å². The van der Waals surface area contributed by atoms with Gasteiger partial charge in [0.15, 0.2) is 0 Å². The lowest BCUT2D eigenvalue weighted by molar-refractivity contribution is 0.164. The second kappa shape index (κ2) is 6.56. The first-order valence-electron chi connectivity index (χ1n) is 5.12. The lowest BCUT2D eigenvalue weighted by Gasteiger charge is -2.07. The van der Waals surface area contributed by atoms with Crippen LogP contribution in [-0.2, 0) is 4.74 Å². The molecular weight excluding hydrogens is 272 g/mol. The van der Waals surface area contributed by atoms with E-state index in [0.29, 0.717) is 0 Å². The zero-order valence-electron chi connectivity index (χ0n) is 9.47. The Morgan fingerprint density at radius 2 is 1.87 bits per heavy atom. The summed E-state index contributed by atoms with van der Waals surface area (Å²) < 4.78 is 6.53. The standard InChI is InChI=1S/C12H17BrOS/c1-4-14-5-6-15-11-7-9(2)12(13)10(3)8-11/h7-8H,4-6H2,1-3H3. The molecule has 0 fully saturated rings. The van der Waals surface area contributed by atoms with Crippen LogP contribution in [0.15, 0.2) is 21.5 Å². The van der Waals surface area contributed by atoms with Gasteiger partial charge in [0.2, 0.25) is 0 Å². The number of hydrogen-bond acceptors (Lipinski definition) is 2. The van der Waals surface area contributed by atoms with Crippen molar-refractivity contribution in [3.63, 3.8) is 0 Å². The third kappa shape index (κ3) is 4.17. The Balaban J connectivity index is 2.55. The van der Waals surface area contributed by atoms with E-state index in [-0.39, 0.29) is 0 Å². The first-order chi connectivity index (χ1) is 7.15. The summed E-state index contributed by atoms with van der Waals surface area (Å²) in [5.41, 5.74) is 2.60. The molecule has 0 saturated carbocycles. The van der Waals surface area contributed by atoms with Crippen molar-refractivity contribution in [2.75, 3.05) is 19.0 Å². The van der Waals surface area contributed by atoms with Gasteiger partial charge in [-0.1, -0.05) is 15.9 Å². The molecule has 0 aliphatic carbocycles. The normalized spacial score (nSPS) is 10.7. The van der Waals surface area contributed by atoms with Crippen molar-refractivity contribution in [2.24, 2.45) is 0 Å². The summed E-state index contributed by atoms with van der Waals surface area (Å²) in [6.45, 7) is 7.92.